The Morgan fingerprint density at radius 3 is 2.64 bits per heavy atom. The second-order valence-corrected chi connectivity index (χ2v) is 4.20. The number of carbonyl (C=O) groups is 1. The van der Waals surface area contributed by atoms with Gasteiger partial charge in [0.25, 0.3) is 0 Å². The summed E-state index contributed by atoms with van der Waals surface area (Å²) in [6.45, 7) is 6.49. The summed E-state index contributed by atoms with van der Waals surface area (Å²) in [5.74, 6) is 0.235. The van der Waals surface area contributed by atoms with E-state index in [-0.39, 0.29) is 11.9 Å². The Labute approximate surface area is 86.0 Å². The van der Waals surface area contributed by atoms with E-state index in [1.807, 2.05) is 11.9 Å². The molecule has 1 aliphatic rings. The zero-order valence-electron chi connectivity index (χ0n) is 9.36. The molecule has 14 heavy (non-hydrogen) atoms. The van der Waals surface area contributed by atoms with Crippen LogP contribution in [0, 0.1) is 0 Å². The molecule has 0 bridgehead atoms. The second kappa shape index (κ2) is 4.75. The van der Waals surface area contributed by atoms with Gasteiger partial charge in [-0.3, -0.25) is 9.69 Å². The van der Waals surface area contributed by atoms with Gasteiger partial charge in [0.1, 0.15) is 0 Å². The normalized spacial score (nSPS) is 24.8. The zero-order valence-corrected chi connectivity index (χ0v) is 9.36. The fourth-order valence-electron chi connectivity index (χ4n) is 1.93. The number of rotatable bonds is 3. The van der Waals surface area contributed by atoms with Crippen LogP contribution in [0.5, 0.6) is 0 Å². The second-order valence-electron chi connectivity index (χ2n) is 4.20. The van der Waals surface area contributed by atoms with Gasteiger partial charge in [-0.25, -0.2) is 0 Å². The van der Waals surface area contributed by atoms with Gasteiger partial charge in [0.2, 0.25) is 5.91 Å². The lowest BCUT2D eigenvalue weighted by atomic mass is 10.1. The molecule has 0 saturated carbocycles. The van der Waals surface area contributed by atoms with E-state index >= 15 is 0 Å². The minimum atomic E-state index is -0.00356. The van der Waals surface area contributed by atoms with E-state index in [0.717, 1.165) is 19.5 Å². The first kappa shape index (κ1) is 11.5. The van der Waals surface area contributed by atoms with Gasteiger partial charge in [-0.1, -0.05) is 0 Å². The Balaban J connectivity index is 2.67. The van der Waals surface area contributed by atoms with Gasteiger partial charge in [-0.05, 0) is 33.9 Å². The van der Waals surface area contributed by atoms with Crippen molar-refractivity contribution in [1.82, 2.24) is 9.80 Å². The number of hydrogen-bond donors (Lipinski definition) is 1. The number of piperazine rings is 1. The Kier molecular flexibility index (Phi) is 3.89. The fraction of sp³-hybridized carbons (Fsp3) is 0.900. The van der Waals surface area contributed by atoms with Crippen molar-refractivity contribution in [1.29, 1.82) is 0 Å². The highest BCUT2D eigenvalue weighted by Gasteiger charge is 2.32. The quantitative estimate of drug-likeness (QED) is 0.690. The van der Waals surface area contributed by atoms with Gasteiger partial charge < -0.3 is 10.6 Å². The van der Waals surface area contributed by atoms with Crippen molar-refractivity contribution in [3.8, 4) is 0 Å². The summed E-state index contributed by atoms with van der Waals surface area (Å²) < 4.78 is 0. The molecule has 0 aromatic carbocycles. The van der Waals surface area contributed by atoms with Crippen molar-refractivity contribution in [2.45, 2.75) is 32.4 Å². The SMILES string of the molecule is CC(C)N1CCN(C)C(CCN)C1=O. The van der Waals surface area contributed by atoms with Gasteiger partial charge >= 0.3 is 0 Å². The Hall–Kier alpha value is -0.610. The van der Waals surface area contributed by atoms with Crippen LogP contribution in [-0.4, -0.2) is 54.5 Å². The van der Waals surface area contributed by atoms with E-state index in [0.29, 0.717) is 12.6 Å². The Bertz CT molecular complexity index is 206. The summed E-state index contributed by atoms with van der Waals surface area (Å²) in [7, 11) is 2.00. The van der Waals surface area contributed by atoms with Crippen LogP contribution in [0.25, 0.3) is 0 Å². The first-order valence-electron chi connectivity index (χ1n) is 5.28. The van der Waals surface area contributed by atoms with E-state index in [9.17, 15) is 4.79 Å². The number of nitrogens with two attached hydrogens (primary N) is 1. The molecule has 1 unspecified atom stereocenters. The molecule has 1 atom stereocenters. The molecular weight excluding hydrogens is 178 g/mol. The number of nitrogens with zero attached hydrogens (tertiary/aromatic N) is 2. The molecule has 1 amide bonds. The largest absolute Gasteiger partial charge is 0.338 e. The van der Waals surface area contributed by atoms with Gasteiger partial charge in [0, 0.05) is 19.1 Å². The maximum Gasteiger partial charge on any atom is 0.240 e. The highest BCUT2D eigenvalue weighted by Crippen LogP contribution is 2.14. The Morgan fingerprint density at radius 1 is 1.50 bits per heavy atom. The molecule has 1 saturated heterocycles. The van der Waals surface area contributed by atoms with Gasteiger partial charge in [-0.15, -0.1) is 0 Å². The molecule has 1 aliphatic heterocycles. The summed E-state index contributed by atoms with van der Waals surface area (Å²) in [5, 5.41) is 0. The molecule has 0 aromatic heterocycles. The third kappa shape index (κ3) is 2.25. The van der Waals surface area contributed by atoms with E-state index in [4.69, 9.17) is 5.73 Å². The van der Waals surface area contributed by atoms with Gasteiger partial charge in [-0.2, -0.15) is 0 Å². The number of hydrogen-bond acceptors (Lipinski definition) is 3. The molecular formula is C10H21N3O. The number of likely N-dealkylation sites (N-methyl/N-ethyl adjacent to an activating group) is 1. The summed E-state index contributed by atoms with van der Waals surface area (Å²) >= 11 is 0. The fourth-order valence-corrected chi connectivity index (χ4v) is 1.93. The molecule has 0 aliphatic carbocycles. The average molecular weight is 199 g/mol. The summed E-state index contributed by atoms with van der Waals surface area (Å²) in [4.78, 5) is 16.0. The van der Waals surface area contributed by atoms with Crippen molar-refractivity contribution < 1.29 is 4.79 Å². The molecule has 82 valence electrons. The van der Waals surface area contributed by atoms with Gasteiger partial charge in [0.05, 0.1) is 6.04 Å². The lowest BCUT2D eigenvalue weighted by Gasteiger charge is -2.40. The molecule has 1 fully saturated rings. The van der Waals surface area contributed by atoms with Crippen LogP contribution in [0.4, 0.5) is 0 Å². The number of carbonyl (C=O) groups excluding carboxylic acids is 1. The van der Waals surface area contributed by atoms with Crippen molar-refractivity contribution in [3.63, 3.8) is 0 Å². The first-order valence-corrected chi connectivity index (χ1v) is 5.28. The third-order valence-corrected chi connectivity index (χ3v) is 2.86. The van der Waals surface area contributed by atoms with Crippen molar-refractivity contribution in [3.05, 3.63) is 0 Å². The van der Waals surface area contributed by atoms with Crippen molar-refractivity contribution >= 4 is 5.91 Å². The maximum atomic E-state index is 12.0. The Morgan fingerprint density at radius 2 is 2.14 bits per heavy atom. The van der Waals surface area contributed by atoms with Crippen LogP contribution < -0.4 is 5.73 Å². The third-order valence-electron chi connectivity index (χ3n) is 2.86. The standard InChI is InChI=1S/C10H21N3O/c1-8(2)13-7-6-12(3)9(4-5-11)10(13)14/h8-9H,4-7,11H2,1-3H3. The lowest BCUT2D eigenvalue weighted by molar-refractivity contribution is -0.143. The van der Waals surface area contributed by atoms with Crippen molar-refractivity contribution in [2.24, 2.45) is 5.73 Å². The van der Waals surface area contributed by atoms with Crippen LogP contribution in [0.3, 0.4) is 0 Å². The molecule has 0 radical (unpaired) electrons. The lowest BCUT2D eigenvalue weighted by Crippen LogP contribution is -2.57. The average Bonchev–Trinajstić information content (AvgIpc) is 2.11. The molecule has 4 heteroatoms. The summed E-state index contributed by atoms with van der Waals surface area (Å²) in [5.41, 5.74) is 5.51. The van der Waals surface area contributed by atoms with E-state index in [1.54, 1.807) is 0 Å². The minimum Gasteiger partial charge on any atom is -0.338 e. The zero-order chi connectivity index (χ0) is 10.7. The summed E-state index contributed by atoms with van der Waals surface area (Å²) in [6.07, 6.45) is 0.762. The highest BCUT2D eigenvalue weighted by atomic mass is 16.2. The molecule has 1 heterocycles. The van der Waals surface area contributed by atoms with Crippen LogP contribution in [0.2, 0.25) is 0 Å². The molecule has 0 aromatic rings. The first-order chi connectivity index (χ1) is 6.57. The van der Waals surface area contributed by atoms with Crippen molar-refractivity contribution in [2.75, 3.05) is 26.7 Å². The maximum absolute atomic E-state index is 12.0. The molecule has 1 rings (SSSR count). The highest BCUT2D eigenvalue weighted by molar-refractivity contribution is 5.82. The topological polar surface area (TPSA) is 49.6 Å². The van der Waals surface area contributed by atoms with E-state index in [1.165, 1.54) is 0 Å². The smallest absolute Gasteiger partial charge is 0.240 e. The van der Waals surface area contributed by atoms with Crippen LogP contribution in [-0.2, 0) is 4.79 Å². The van der Waals surface area contributed by atoms with E-state index < -0.39 is 0 Å². The summed E-state index contributed by atoms with van der Waals surface area (Å²) in [6, 6.07) is 0.299. The van der Waals surface area contributed by atoms with Crippen LogP contribution in [0.1, 0.15) is 20.3 Å². The van der Waals surface area contributed by atoms with Crippen LogP contribution in [0.15, 0.2) is 0 Å². The molecule has 4 nitrogen and oxygen atoms in total. The molecule has 2 N–H and O–H groups in total. The van der Waals surface area contributed by atoms with Crippen LogP contribution >= 0.6 is 0 Å². The predicted molar refractivity (Wildman–Crippen MR) is 56.9 cm³/mol. The van der Waals surface area contributed by atoms with E-state index in [2.05, 4.69) is 18.7 Å². The minimum absolute atomic E-state index is 0.00356. The predicted octanol–water partition coefficient (Wildman–Crippen LogP) is -0.114. The number of amides is 1. The monoisotopic (exact) mass is 199 g/mol. The van der Waals surface area contributed by atoms with Gasteiger partial charge in [0.15, 0.2) is 0 Å². The molecule has 0 spiro atoms.